The van der Waals surface area contributed by atoms with Crippen molar-refractivity contribution in [3.63, 3.8) is 0 Å². The highest BCUT2D eigenvalue weighted by molar-refractivity contribution is 6.73. The number of hydrogen-bond donors (Lipinski definition) is 0. The summed E-state index contributed by atoms with van der Waals surface area (Å²) < 4.78 is 19.6. The van der Waals surface area contributed by atoms with Crippen molar-refractivity contribution >= 4 is 20.3 Å². The average molecular weight is 435 g/mol. The Morgan fingerprint density at radius 1 is 1.27 bits per heavy atom. The molecule has 1 heterocycles. The molecule has 4 bridgehead atoms. The van der Waals surface area contributed by atoms with Crippen LogP contribution in [0.3, 0.4) is 0 Å². The largest absolute Gasteiger partial charge is 0.465 e. The second-order valence-electron chi connectivity index (χ2n) is 10.4. The lowest BCUT2D eigenvalue weighted by Gasteiger charge is -2.63. The fraction of sp³-hybridized carbons (Fsp3) is 0.833. The molecule has 4 aliphatic rings. The minimum atomic E-state index is -2.07. The Labute approximate surface area is 182 Å². The molecular weight excluding hydrogens is 396 g/mol. The molecule has 0 aromatic carbocycles. The van der Waals surface area contributed by atoms with Gasteiger partial charge in [0, 0.05) is 12.3 Å². The summed E-state index contributed by atoms with van der Waals surface area (Å²) in [6.07, 6.45) is 4.75. The van der Waals surface area contributed by atoms with Crippen LogP contribution in [0.15, 0.2) is 11.6 Å². The fourth-order valence-corrected chi connectivity index (χ4v) is 11.3. The Bertz CT molecular complexity index is 795. The Balaban J connectivity index is 2.00. The van der Waals surface area contributed by atoms with E-state index in [2.05, 4.69) is 47.6 Å². The summed E-state index contributed by atoms with van der Waals surface area (Å²) in [4.78, 5) is 25.4. The minimum Gasteiger partial charge on any atom is -0.465 e. The van der Waals surface area contributed by atoms with E-state index in [0.717, 1.165) is 37.4 Å². The van der Waals surface area contributed by atoms with Crippen LogP contribution in [-0.2, 0) is 23.5 Å². The molecule has 1 saturated heterocycles. The third-order valence-corrected chi connectivity index (χ3v) is 14.6. The zero-order valence-corrected chi connectivity index (χ0v) is 20.7. The van der Waals surface area contributed by atoms with Crippen molar-refractivity contribution in [3.05, 3.63) is 11.6 Å². The Morgan fingerprint density at radius 2 is 1.90 bits per heavy atom. The van der Waals surface area contributed by atoms with E-state index < -0.39 is 24.9 Å². The second-order valence-corrected chi connectivity index (χ2v) is 15.1. The number of hydrogen-bond acceptors (Lipinski definition) is 5. The molecule has 5 nitrogen and oxygen atoms in total. The van der Waals surface area contributed by atoms with Crippen LogP contribution >= 0.6 is 0 Å². The highest BCUT2D eigenvalue weighted by Crippen LogP contribution is 2.84. The number of rotatable bonds is 7. The summed E-state index contributed by atoms with van der Waals surface area (Å²) >= 11 is 0. The fourth-order valence-electron chi connectivity index (χ4n) is 8.23. The Hall–Kier alpha value is -1.14. The number of carbonyl (C=O) groups excluding carboxylic acids is 2. The van der Waals surface area contributed by atoms with Gasteiger partial charge in [0.15, 0.2) is 8.32 Å². The Morgan fingerprint density at radius 3 is 2.47 bits per heavy atom. The lowest BCUT2D eigenvalue weighted by molar-refractivity contribution is -0.242. The zero-order valence-electron chi connectivity index (χ0n) is 19.7. The maximum atomic E-state index is 13.4. The third kappa shape index (κ3) is 2.13. The molecule has 6 heteroatoms. The van der Waals surface area contributed by atoms with E-state index in [0.29, 0.717) is 5.92 Å². The number of allylic oxidation sites excluding steroid dienone is 1. The van der Waals surface area contributed by atoms with Crippen molar-refractivity contribution in [1.29, 1.82) is 0 Å². The van der Waals surface area contributed by atoms with Gasteiger partial charge in [-0.3, -0.25) is 9.59 Å². The van der Waals surface area contributed by atoms with Crippen molar-refractivity contribution in [2.45, 2.75) is 97.1 Å². The van der Waals surface area contributed by atoms with Gasteiger partial charge in [0.05, 0.1) is 16.9 Å². The van der Waals surface area contributed by atoms with Crippen LogP contribution in [0.5, 0.6) is 0 Å². The molecule has 1 spiro atoms. The molecule has 4 rings (SSSR count). The van der Waals surface area contributed by atoms with Crippen LogP contribution in [0, 0.1) is 22.7 Å². The van der Waals surface area contributed by atoms with Gasteiger partial charge in [-0.1, -0.05) is 46.3 Å². The van der Waals surface area contributed by atoms with E-state index in [1.807, 2.05) is 0 Å². The smallest absolute Gasteiger partial charge is 0.313 e. The first kappa shape index (κ1) is 22.1. The molecule has 0 amide bonds. The van der Waals surface area contributed by atoms with Crippen molar-refractivity contribution in [3.8, 4) is 0 Å². The molecule has 0 radical (unpaired) electrons. The molecule has 0 N–H and O–H groups in total. The highest BCUT2D eigenvalue weighted by Gasteiger charge is 2.93. The van der Waals surface area contributed by atoms with Gasteiger partial charge in [-0.2, -0.15) is 0 Å². The summed E-state index contributed by atoms with van der Waals surface area (Å²) in [5, 5.41) is 0. The molecule has 3 fully saturated rings. The van der Waals surface area contributed by atoms with Crippen molar-refractivity contribution in [2.75, 3.05) is 6.61 Å². The van der Waals surface area contributed by atoms with Crippen LogP contribution in [-0.4, -0.2) is 38.1 Å². The van der Waals surface area contributed by atoms with Gasteiger partial charge in [-0.15, -0.1) is 0 Å². The third-order valence-electron chi connectivity index (χ3n) is 9.94. The number of ether oxygens (including phenoxy) is 2. The first-order valence-corrected chi connectivity index (χ1v) is 14.3. The van der Waals surface area contributed by atoms with Crippen LogP contribution in [0.25, 0.3) is 0 Å². The Kier molecular flexibility index (Phi) is 4.91. The van der Waals surface area contributed by atoms with E-state index in [-0.39, 0.29) is 29.9 Å². The normalized spacial score (nSPS) is 44.0. The molecule has 2 saturated carbocycles. The van der Waals surface area contributed by atoms with Crippen LogP contribution in [0.2, 0.25) is 18.1 Å². The van der Waals surface area contributed by atoms with E-state index in [4.69, 9.17) is 13.9 Å². The monoisotopic (exact) mass is 434 g/mol. The summed E-state index contributed by atoms with van der Waals surface area (Å²) in [6.45, 7) is 15.0. The van der Waals surface area contributed by atoms with E-state index in [1.165, 1.54) is 12.5 Å². The predicted molar refractivity (Wildman–Crippen MR) is 117 cm³/mol. The van der Waals surface area contributed by atoms with E-state index >= 15 is 0 Å². The molecule has 3 aliphatic carbocycles. The number of carbonyl (C=O) groups is 2. The summed E-state index contributed by atoms with van der Waals surface area (Å²) in [6, 6.07) is 3.07. The summed E-state index contributed by atoms with van der Waals surface area (Å²) in [5.41, 5.74) is -1.05. The standard InChI is InChI=1S/C24H38O5Si/c1-8-30(9-2,10-3)29-23-14-17(5)21(7)19(23)20(26)28-24(21)13-11-12-16(4)22(23,24)15-27-18(6)25/h12,17,19H,8-11,13-15H2,1-7H3/t17-,19?,21-,22+,23-,24+/m0/s1. The zero-order chi connectivity index (χ0) is 22.2. The molecule has 168 valence electrons. The molecule has 1 unspecified atom stereocenters. The number of esters is 2. The van der Waals surface area contributed by atoms with Gasteiger partial charge >= 0.3 is 11.9 Å². The maximum absolute atomic E-state index is 13.4. The molecule has 30 heavy (non-hydrogen) atoms. The van der Waals surface area contributed by atoms with Gasteiger partial charge in [0.1, 0.15) is 12.2 Å². The van der Waals surface area contributed by atoms with E-state index in [9.17, 15) is 9.59 Å². The molecule has 1 aliphatic heterocycles. The molecule has 0 aromatic heterocycles. The predicted octanol–water partition coefficient (Wildman–Crippen LogP) is 5.01. The van der Waals surface area contributed by atoms with Crippen molar-refractivity contribution < 1.29 is 23.5 Å². The summed E-state index contributed by atoms with van der Waals surface area (Å²) in [7, 11) is -2.07. The van der Waals surface area contributed by atoms with Gasteiger partial charge < -0.3 is 13.9 Å². The first-order chi connectivity index (χ1) is 14.1. The van der Waals surface area contributed by atoms with Crippen LogP contribution in [0.4, 0.5) is 0 Å². The molecule has 0 aromatic rings. The van der Waals surface area contributed by atoms with Crippen LogP contribution < -0.4 is 0 Å². The topological polar surface area (TPSA) is 61.8 Å². The minimum absolute atomic E-state index is 0.0961. The lowest BCUT2D eigenvalue weighted by atomic mass is 9.49. The maximum Gasteiger partial charge on any atom is 0.313 e. The van der Waals surface area contributed by atoms with Gasteiger partial charge in [0.25, 0.3) is 0 Å². The molecular formula is C24H38O5Si. The van der Waals surface area contributed by atoms with Gasteiger partial charge in [-0.05, 0) is 50.2 Å². The van der Waals surface area contributed by atoms with Crippen molar-refractivity contribution in [2.24, 2.45) is 22.7 Å². The van der Waals surface area contributed by atoms with Gasteiger partial charge in [0.2, 0.25) is 0 Å². The van der Waals surface area contributed by atoms with Gasteiger partial charge in [-0.25, -0.2) is 0 Å². The molecule has 6 atom stereocenters. The first-order valence-electron chi connectivity index (χ1n) is 11.8. The number of fused-ring (bicyclic) bond motifs is 1. The average Bonchev–Trinajstić information content (AvgIpc) is 3.14. The van der Waals surface area contributed by atoms with Crippen LogP contribution in [0.1, 0.15) is 67.7 Å². The summed E-state index contributed by atoms with van der Waals surface area (Å²) in [5.74, 6) is -0.376. The lowest BCUT2D eigenvalue weighted by Crippen LogP contribution is -2.72. The second kappa shape index (κ2) is 6.68. The van der Waals surface area contributed by atoms with E-state index in [1.54, 1.807) is 0 Å². The highest BCUT2D eigenvalue weighted by atomic mass is 28.4. The quantitative estimate of drug-likeness (QED) is 0.320. The SMILES string of the molecule is CC[Si](CC)(CC)O[C@@]12C[C@H](C)[C@@]3(C)C1C(=O)O[C@]31CCC=C(C)[C@@]12COC(C)=O. The van der Waals surface area contributed by atoms with Crippen molar-refractivity contribution in [1.82, 2.24) is 0 Å².